The van der Waals surface area contributed by atoms with Crippen LogP contribution in [0, 0.1) is 17.2 Å². The van der Waals surface area contributed by atoms with E-state index in [2.05, 4.69) is 14.9 Å². The van der Waals surface area contributed by atoms with E-state index >= 15 is 0 Å². The minimum atomic E-state index is -4.43. The van der Waals surface area contributed by atoms with E-state index in [0.717, 1.165) is 31.3 Å². The first kappa shape index (κ1) is 17.6. The Hall–Kier alpha value is -2.82. The first-order valence-electron chi connectivity index (χ1n) is 8.87. The van der Waals surface area contributed by atoms with Gasteiger partial charge in [-0.1, -0.05) is 0 Å². The van der Waals surface area contributed by atoms with Crippen LogP contribution in [0.2, 0.25) is 0 Å². The normalized spacial score (nSPS) is 22.4. The fraction of sp³-hybridized carbons (Fsp3) is 0.421. The fourth-order valence-electron chi connectivity index (χ4n) is 4.11. The van der Waals surface area contributed by atoms with Gasteiger partial charge in [-0.2, -0.15) is 18.4 Å². The number of halogens is 3. The SMILES string of the molecule is N#Cc1ccc(N2CCC3CCN(c4ncccc4C(F)(F)F)CC32)nc1. The van der Waals surface area contributed by atoms with Crippen LogP contribution in [0.15, 0.2) is 36.7 Å². The second-order valence-electron chi connectivity index (χ2n) is 6.93. The maximum absolute atomic E-state index is 13.4. The van der Waals surface area contributed by atoms with Crippen molar-refractivity contribution in [3.05, 3.63) is 47.8 Å². The summed E-state index contributed by atoms with van der Waals surface area (Å²) in [5.41, 5.74) is -0.201. The molecule has 2 aromatic rings. The third kappa shape index (κ3) is 3.29. The fourth-order valence-corrected chi connectivity index (χ4v) is 4.11. The van der Waals surface area contributed by atoms with Gasteiger partial charge in [-0.25, -0.2) is 9.97 Å². The summed E-state index contributed by atoms with van der Waals surface area (Å²) < 4.78 is 40.1. The highest BCUT2D eigenvalue weighted by molar-refractivity contribution is 5.51. The highest BCUT2D eigenvalue weighted by atomic mass is 19.4. The van der Waals surface area contributed by atoms with Gasteiger partial charge in [-0.15, -0.1) is 0 Å². The molecule has 2 unspecified atom stereocenters. The number of aromatic nitrogens is 2. The average Bonchev–Trinajstić information content (AvgIpc) is 3.10. The Kier molecular flexibility index (Phi) is 4.38. The molecule has 0 aliphatic carbocycles. The maximum atomic E-state index is 13.4. The van der Waals surface area contributed by atoms with Gasteiger partial charge in [0.2, 0.25) is 0 Å². The Balaban J connectivity index is 1.60. The molecule has 0 aromatic carbocycles. The van der Waals surface area contributed by atoms with E-state index in [1.54, 1.807) is 11.0 Å². The zero-order valence-corrected chi connectivity index (χ0v) is 14.5. The highest BCUT2D eigenvalue weighted by Gasteiger charge is 2.42. The molecule has 4 rings (SSSR count). The molecular formula is C19H18F3N5. The Morgan fingerprint density at radius 3 is 2.63 bits per heavy atom. The standard InChI is InChI=1S/C19H18F3N5/c20-19(21,22)15-2-1-7-24-18(15)26-8-5-14-6-9-27(16(14)12-26)17-4-3-13(10-23)11-25-17/h1-4,7,11,14,16H,5-6,8-9,12H2. The Bertz CT molecular complexity index is 859. The van der Waals surface area contributed by atoms with Gasteiger partial charge in [0, 0.05) is 32.0 Å². The lowest BCUT2D eigenvalue weighted by molar-refractivity contribution is -0.137. The van der Waals surface area contributed by atoms with Crippen molar-refractivity contribution in [3.8, 4) is 6.07 Å². The van der Waals surface area contributed by atoms with Gasteiger partial charge < -0.3 is 9.80 Å². The molecular weight excluding hydrogens is 355 g/mol. The molecule has 0 amide bonds. The molecule has 0 radical (unpaired) electrons. The van der Waals surface area contributed by atoms with Crippen LogP contribution in [0.4, 0.5) is 24.8 Å². The largest absolute Gasteiger partial charge is 0.419 e. The second kappa shape index (κ2) is 6.72. The first-order valence-corrected chi connectivity index (χ1v) is 8.87. The van der Waals surface area contributed by atoms with Crippen LogP contribution in [0.1, 0.15) is 24.0 Å². The number of nitriles is 1. The number of piperidine rings is 1. The Morgan fingerprint density at radius 2 is 1.93 bits per heavy atom. The van der Waals surface area contributed by atoms with Crippen molar-refractivity contribution in [3.63, 3.8) is 0 Å². The number of pyridine rings is 2. The second-order valence-corrected chi connectivity index (χ2v) is 6.93. The lowest BCUT2D eigenvalue weighted by atomic mass is 9.92. The molecule has 2 fully saturated rings. The molecule has 0 spiro atoms. The summed E-state index contributed by atoms with van der Waals surface area (Å²) in [4.78, 5) is 12.3. The van der Waals surface area contributed by atoms with E-state index in [1.807, 2.05) is 12.1 Å². The summed E-state index contributed by atoms with van der Waals surface area (Å²) in [6.45, 7) is 1.86. The molecule has 0 N–H and O–H groups in total. The molecule has 27 heavy (non-hydrogen) atoms. The molecule has 0 saturated carbocycles. The summed E-state index contributed by atoms with van der Waals surface area (Å²) in [5, 5.41) is 8.92. The predicted molar refractivity (Wildman–Crippen MR) is 94.3 cm³/mol. The summed E-state index contributed by atoms with van der Waals surface area (Å²) in [6, 6.07) is 8.07. The van der Waals surface area contributed by atoms with Gasteiger partial charge in [0.1, 0.15) is 17.7 Å². The average molecular weight is 373 g/mol. The third-order valence-corrected chi connectivity index (χ3v) is 5.43. The number of fused-ring (bicyclic) bond motifs is 1. The minimum absolute atomic E-state index is 0.00286. The van der Waals surface area contributed by atoms with E-state index < -0.39 is 11.7 Å². The van der Waals surface area contributed by atoms with Crippen LogP contribution >= 0.6 is 0 Å². The maximum Gasteiger partial charge on any atom is 0.419 e. The smallest absolute Gasteiger partial charge is 0.354 e. The minimum Gasteiger partial charge on any atom is -0.354 e. The molecule has 2 atom stereocenters. The first-order chi connectivity index (χ1) is 13.0. The monoisotopic (exact) mass is 373 g/mol. The quantitative estimate of drug-likeness (QED) is 0.807. The summed E-state index contributed by atoms with van der Waals surface area (Å²) in [6.07, 6.45) is 0.333. The van der Waals surface area contributed by atoms with Gasteiger partial charge in [0.25, 0.3) is 0 Å². The van der Waals surface area contributed by atoms with Crippen LogP contribution in [-0.4, -0.2) is 35.6 Å². The number of anilines is 2. The Labute approximate surface area is 155 Å². The summed E-state index contributed by atoms with van der Waals surface area (Å²) in [5.74, 6) is 1.19. The topological polar surface area (TPSA) is 56.1 Å². The molecule has 2 aromatic heterocycles. The van der Waals surface area contributed by atoms with E-state index in [0.29, 0.717) is 24.6 Å². The molecule has 4 heterocycles. The molecule has 2 aliphatic rings. The zero-order chi connectivity index (χ0) is 19.0. The predicted octanol–water partition coefficient (Wildman–Crippen LogP) is 3.47. The number of hydrogen-bond acceptors (Lipinski definition) is 5. The van der Waals surface area contributed by atoms with Crippen LogP contribution in [-0.2, 0) is 6.18 Å². The van der Waals surface area contributed by atoms with E-state index in [-0.39, 0.29) is 11.9 Å². The van der Waals surface area contributed by atoms with Gasteiger partial charge >= 0.3 is 6.18 Å². The molecule has 5 nitrogen and oxygen atoms in total. The van der Waals surface area contributed by atoms with Crippen molar-refractivity contribution in [2.24, 2.45) is 5.92 Å². The molecule has 140 valence electrons. The third-order valence-electron chi connectivity index (χ3n) is 5.43. The Morgan fingerprint density at radius 1 is 1.11 bits per heavy atom. The zero-order valence-electron chi connectivity index (χ0n) is 14.5. The van der Waals surface area contributed by atoms with Gasteiger partial charge in [0.15, 0.2) is 0 Å². The summed E-state index contributed by atoms with van der Waals surface area (Å²) >= 11 is 0. The van der Waals surface area contributed by atoms with Gasteiger partial charge in [0.05, 0.1) is 17.2 Å². The van der Waals surface area contributed by atoms with Crippen molar-refractivity contribution in [2.45, 2.75) is 25.1 Å². The molecule has 2 saturated heterocycles. The number of alkyl halides is 3. The van der Waals surface area contributed by atoms with E-state index in [9.17, 15) is 13.2 Å². The van der Waals surface area contributed by atoms with E-state index in [1.165, 1.54) is 18.5 Å². The van der Waals surface area contributed by atoms with Crippen LogP contribution < -0.4 is 9.80 Å². The van der Waals surface area contributed by atoms with E-state index in [4.69, 9.17) is 5.26 Å². The number of hydrogen-bond donors (Lipinski definition) is 0. The number of nitrogens with zero attached hydrogens (tertiary/aromatic N) is 5. The molecule has 2 aliphatic heterocycles. The van der Waals surface area contributed by atoms with Crippen molar-refractivity contribution < 1.29 is 13.2 Å². The van der Waals surface area contributed by atoms with Crippen LogP contribution in [0.25, 0.3) is 0 Å². The van der Waals surface area contributed by atoms with Crippen LogP contribution in [0.5, 0.6) is 0 Å². The van der Waals surface area contributed by atoms with Crippen LogP contribution in [0.3, 0.4) is 0 Å². The summed E-state index contributed by atoms with van der Waals surface area (Å²) in [7, 11) is 0. The lowest BCUT2D eigenvalue weighted by Gasteiger charge is -2.40. The van der Waals surface area contributed by atoms with Crippen molar-refractivity contribution in [1.29, 1.82) is 5.26 Å². The van der Waals surface area contributed by atoms with Gasteiger partial charge in [-0.05, 0) is 43.0 Å². The van der Waals surface area contributed by atoms with Crippen molar-refractivity contribution in [2.75, 3.05) is 29.4 Å². The number of rotatable bonds is 2. The molecule has 0 bridgehead atoms. The molecule has 8 heteroatoms. The highest BCUT2D eigenvalue weighted by Crippen LogP contribution is 2.39. The van der Waals surface area contributed by atoms with Gasteiger partial charge in [-0.3, -0.25) is 0 Å². The van der Waals surface area contributed by atoms with Crippen molar-refractivity contribution >= 4 is 11.6 Å². The van der Waals surface area contributed by atoms with Crippen molar-refractivity contribution in [1.82, 2.24) is 9.97 Å². The lowest BCUT2D eigenvalue weighted by Crippen LogP contribution is -2.49.